The smallest absolute Gasteiger partial charge is 0.255 e. The molecule has 2 heterocycles. The number of carbonyl (C=O) groups excluding carboxylic acids is 2. The molecule has 0 saturated carbocycles. The number of hydrogen-bond acceptors (Lipinski definition) is 4. The molecule has 0 bridgehead atoms. The highest BCUT2D eigenvalue weighted by atomic mass is 35.5. The van der Waals surface area contributed by atoms with Crippen molar-refractivity contribution in [2.24, 2.45) is 0 Å². The molecule has 8 heteroatoms. The van der Waals surface area contributed by atoms with Gasteiger partial charge in [0.25, 0.3) is 11.8 Å². The highest BCUT2D eigenvalue weighted by Crippen LogP contribution is 2.33. The van der Waals surface area contributed by atoms with Gasteiger partial charge in [0.15, 0.2) is 12.2 Å². The molecule has 1 saturated heterocycles. The lowest BCUT2D eigenvalue weighted by Crippen LogP contribution is -2.50. The maximum atomic E-state index is 12.9. The summed E-state index contributed by atoms with van der Waals surface area (Å²) in [5.74, 6) is -1.47. The lowest BCUT2D eigenvalue weighted by Gasteiger charge is -2.28. The summed E-state index contributed by atoms with van der Waals surface area (Å²) >= 11 is 6.08. The standard InChI is InChI=1S/C26H28ClN3O4/c1-17-11-13-29(16-17)21-9-7-18(8-10-21)15-28-25(33)23(31)24(32)26(34)30-12-3-6-22(30)19-4-2-5-20(27)14-19/h2,4-5,7-11,13-14,16,22-24,31-32H,3,6,12,15H2,1H3,(H,28,33)/t22?,23-,24-/m1/s1. The zero-order chi connectivity index (χ0) is 24.2. The van der Waals surface area contributed by atoms with E-state index >= 15 is 0 Å². The first-order chi connectivity index (χ1) is 16.3. The Labute approximate surface area is 203 Å². The van der Waals surface area contributed by atoms with Crippen LogP contribution in [0.15, 0.2) is 67.0 Å². The third-order valence-corrected chi connectivity index (χ3v) is 6.37. The summed E-state index contributed by atoms with van der Waals surface area (Å²) in [6.07, 6.45) is 1.76. The molecule has 34 heavy (non-hydrogen) atoms. The van der Waals surface area contributed by atoms with E-state index in [-0.39, 0.29) is 12.6 Å². The van der Waals surface area contributed by atoms with Gasteiger partial charge in [-0.2, -0.15) is 0 Å². The van der Waals surface area contributed by atoms with Crippen molar-refractivity contribution in [2.45, 2.75) is 44.6 Å². The molecule has 0 radical (unpaired) electrons. The Morgan fingerprint density at radius 2 is 1.88 bits per heavy atom. The first kappa shape index (κ1) is 24.0. The fraction of sp³-hybridized carbons (Fsp3) is 0.308. The largest absolute Gasteiger partial charge is 0.380 e. The van der Waals surface area contributed by atoms with Crippen LogP contribution in [0.3, 0.4) is 0 Å². The zero-order valence-electron chi connectivity index (χ0n) is 18.9. The molecule has 4 rings (SSSR count). The molecule has 2 aromatic carbocycles. The maximum Gasteiger partial charge on any atom is 0.255 e. The number of nitrogens with one attached hydrogen (secondary N) is 1. The average Bonchev–Trinajstić information content (AvgIpc) is 3.51. The van der Waals surface area contributed by atoms with Crippen molar-refractivity contribution >= 4 is 23.4 Å². The Balaban J connectivity index is 1.34. The summed E-state index contributed by atoms with van der Waals surface area (Å²) in [6, 6.07) is 16.6. The van der Waals surface area contributed by atoms with Crippen LogP contribution in [0, 0.1) is 6.92 Å². The molecule has 2 amide bonds. The van der Waals surface area contributed by atoms with Crippen molar-refractivity contribution in [3.05, 3.63) is 88.7 Å². The summed E-state index contributed by atoms with van der Waals surface area (Å²) < 4.78 is 2.00. The van der Waals surface area contributed by atoms with Crippen molar-refractivity contribution < 1.29 is 19.8 Å². The third kappa shape index (κ3) is 5.33. The number of aromatic nitrogens is 1. The van der Waals surface area contributed by atoms with Crippen LogP contribution in [0.25, 0.3) is 5.69 Å². The molecule has 1 aliphatic rings. The molecule has 178 valence electrons. The first-order valence-electron chi connectivity index (χ1n) is 11.3. The molecule has 0 spiro atoms. The Bertz CT molecular complexity index is 1160. The molecule has 1 fully saturated rings. The van der Waals surface area contributed by atoms with Gasteiger partial charge < -0.3 is 25.0 Å². The van der Waals surface area contributed by atoms with Gasteiger partial charge in [0.2, 0.25) is 0 Å². The second kappa shape index (κ2) is 10.4. The van der Waals surface area contributed by atoms with Crippen molar-refractivity contribution in [2.75, 3.05) is 6.54 Å². The Kier molecular flexibility index (Phi) is 7.36. The molecule has 3 N–H and O–H groups in total. The van der Waals surface area contributed by atoms with Crippen LogP contribution in [0.5, 0.6) is 0 Å². The summed E-state index contributed by atoms with van der Waals surface area (Å²) in [7, 11) is 0. The number of aliphatic hydroxyl groups is 2. The summed E-state index contributed by atoms with van der Waals surface area (Å²) in [4.78, 5) is 26.9. The van der Waals surface area contributed by atoms with E-state index in [1.807, 2.05) is 66.3 Å². The second-order valence-corrected chi connectivity index (χ2v) is 9.05. The highest BCUT2D eigenvalue weighted by Gasteiger charge is 2.38. The van der Waals surface area contributed by atoms with Crippen LogP contribution in [-0.2, 0) is 16.1 Å². The normalized spacial score (nSPS) is 17.4. The van der Waals surface area contributed by atoms with Crippen LogP contribution in [-0.4, -0.2) is 50.2 Å². The van der Waals surface area contributed by atoms with E-state index in [4.69, 9.17) is 11.6 Å². The van der Waals surface area contributed by atoms with Crippen molar-refractivity contribution in [1.29, 1.82) is 0 Å². The molecular formula is C26H28ClN3O4. The van der Waals surface area contributed by atoms with E-state index in [0.29, 0.717) is 11.6 Å². The number of benzene rings is 2. The van der Waals surface area contributed by atoms with E-state index in [9.17, 15) is 19.8 Å². The Morgan fingerprint density at radius 1 is 1.12 bits per heavy atom. The quantitative estimate of drug-likeness (QED) is 0.483. The van der Waals surface area contributed by atoms with E-state index in [1.54, 1.807) is 12.1 Å². The number of rotatable bonds is 7. The molecule has 3 atom stereocenters. The van der Waals surface area contributed by atoms with Crippen molar-refractivity contribution in [3.63, 3.8) is 0 Å². The highest BCUT2D eigenvalue weighted by molar-refractivity contribution is 6.30. The summed E-state index contributed by atoms with van der Waals surface area (Å²) in [5, 5.41) is 24.0. The van der Waals surface area contributed by atoms with Crippen LogP contribution in [0.1, 0.15) is 35.6 Å². The van der Waals surface area contributed by atoms with Crippen LogP contribution < -0.4 is 5.32 Å². The fourth-order valence-corrected chi connectivity index (χ4v) is 4.48. The topological polar surface area (TPSA) is 94.8 Å². The molecular weight excluding hydrogens is 454 g/mol. The van der Waals surface area contributed by atoms with Gasteiger partial charge in [0.1, 0.15) is 0 Å². The Morgan fingerprint density at radius 3 is 2.56 bits per heavy atom. The molecule has 1 aliphatic heterocycles. The van der Waals surface area contributed by atoms with Crippen LogP contribution >= 0.6 is 11.6 Å². The van der Waals surface area contributed by atoms with Gasteiger partial charge in [-0.3, -0.25) is 9.59 Å². The van der Waals surface area contributed by atoms with Crippen molar-refractivity contribution in [1.82, 2.24) is 14.8 Å². The van der Waals surface area contributed by atoms with Gasteiger partial charge in [0, 0.05) is 36.2 Å². The van der Waals surface area contributed by atoms with Gasteiger partial charge >= 0.3 is 0 Å². The molecule has 1 aromatic heterocycles. The summed E-state index contributed by atoms with van der Waals surface area (Å²) in [5.41, 5.74) is 3.84. The van der Waals surface area contributed by atoms with E-state index < -0.39 is 24.0 Å². The number of likely N-dealkylation sites (tertiary alicyclic amines) is 1. The van der Waals surface area contributed by atoms with Crippen LogP contribution in [0.2, 0.25) is 5.02 Å². The zero-order valence-corrected chi connectivity index (χ0v) is 19.7. The lowest BCUT2D eigenvalue weighted by atomic mass is 10.0. The predicted octanol–water partition coefficient (Wildman–Crippen LogP) is 3.14. The first-order valence-corrected chi connectivity index (χ1v) is 11.6. The number of hydrogen-bond donors (Lipinski definition) is 3. The SMILES string of the molecule is Cc1ccn(-c2ccc(CNC(=O)[C@H](O)[C@@H](O)C(=O)N3CCCC3c3cccc(Cl)c3)cc2)c1. The number of amides is 2. The average molecular weight is 482 g/mol. The van der Waals surface area contributed by atoms with Gasteiger partial charge in [-0.1, -0.05) is 35.9 Å². The number of aliphatic hydroxyl groups excluding tert-OH is 2. The minimum absolute atomic E-state index is 0.163. The van der Waals surface area contributed by atoms with Crippen molar-refractivity contribution in [3.8, 4) is 5.69 Å². The number of halogens is 1. The second-order valence-electron chi connectivity index (χ2n) is 8.61. The minimum Gasteiger partial charge on any atom is -0.380 e. The number of carbonyl (C=O) groups is 2. The monoisotopic (exact) mass is 481 g/mol. The van der Waals surface area contributed by atoms with Gasteiger partial charge in [-0.25, -0.2) is 0 Å². The molecule has 0 aliphatic carbocycles. The van der Waals surface area contributed by atoms with E-state index in [2.05, 4.69) is 5.32 Å². The van der Waals surface area contributed by atoms with Gasteiger partial charge in [-0.05, 0) is 66.8 Å². The molecule has 7 nitrogen and oxygen atoms in total. The third-order valence-electron chi connectivity index (χ3n) is 6.13. The predicted molar refractivity (Wildman–Crippen MR) is 130 cm³/mol. The number of nitrogens with zero attached hydrogens (tertiary/aromatic N) is 2. The fourth-order valence-electron chi connectivity index (χ4n) is 4.28. The maximum absolute atomic E-state index is 12.9. The number of aryl methyl sites for hydroxylation is 1. The molecule has 1 unspecified atom stereocenters. The summed E-state index contributed by atoms with van der Waals surface area (Å²) in [6.45, 7) is 2.62. The van der Waals surface area contributed by atoms with E-state index in [1.165, 1.54) is 4.90 Å². The Hall–Kier alpha value is -3.13. The lowest BCUT2D eigenvalue weighted by molar-refractivity contribution is -0.153. The van der Waals surface area contributed by atoms with E-state index in [0.717, 1.165) is 35.2 Å². The molecule has 3 aromatic rings. The van der Waals surface area contributed by atoms with Crippen LogP contribution in [0.4, 0.5) is 0 Å². The minimum atomic E-state index is -1.87. The van der Waals surface area contributed by atoms with Gasteiger partial charge in [-0.15, -0.1) is 0 Å². The van der Waals surface area contributed by atoms with Gasteiger partial charge in [0.05, 0.1) is 6.04 Å².